The van der Waals surface area contributed by atoms with Gasteiger partial charge < -0.3 is 15.0 Å². The third kappa shape index (κ3) is 4.36. The Morgan fingerprint density at radius 1 is 1.31 bits per heavy atom. The van der Waals surface area contributed by atoms with Gasteiger partial charge >= 0.3 is 0 Å². The van der Waals surface area contributed by atoms with E-state index < -0.39 is 5.60 Å². The Kier molecular flexibility index (Phi) is 4.99. The van der Waals surface area contributed by atoms with Crippen LogP contribution >= 0.6 is 11.3 Å². The number of fused-ring (bicyclic) bond motifs is 1. The normalized spacial score (nSPS) is 17.1. The summed E-state index contributed by atoms with van der Waals surface area (Å²) in [6.07, 6.45) is 5.90. The van der Waals surface area contributed by atoms with Crippen LogP contribution in [-0.4, -0.2) is 49.6 Å². The van der Waals surface area contributed by atoms with E-state index in [-0.39, 0.29) is 11.3 Å². The van der Waals surface area contributed by atoms with Crippen LogP contribution in [0.2, 0.25) is 0 Å². The lowest BCUT2D eigenvalue weighted by Crippen LogP contribution is -2.44. The number of carbonyl (C=O) groups excluding carboxylic acids is 1. The molecule has 0 bridgehead atoms. The summed E-state index contributed by atoms with van der Waals surface area (Å²) in [6.45, 7) is 9.64. The van der Waals surface area contributed by atoms with Crippen molar-refractivity contribution < 1.29 is 9.90 Å². The average molecular weight is 413 g/mol. The summed E-state index contributed by atoms with van der Waals surface area (Å²) in [5.41, 5.74) is 3.14. The van der Waals surface area contributed by atoms with Crippen LogP contribution in [-0.2, 0) is 6.42 Å². The number of thiophene rings is 1. The molecule has 0 aromatic carbocycles. The minimum absolute atomic E-state index is 0.0286. The number of aromatic nitrogens is 3. The van der Waals surface area contributed by atoms with Gasteiger partial charge in [-0.25, -0.2) is 9.97 Å². The quantitative estimate of drug-likeness (QED) is 0.673. The Morgan fingerprint density at radius 2 is 2.03 bits per heavy atom. The van der Waals surface area contributed by atoms with Crippen LogP contribution in [0.1, 0.15) is 55.8 Å². The van der Waals surface area contributed by atoms with E-state index >= 15 is 0 Å². The maximum atomic E-state index is 12.9. The second-order valence-electron chi connectivity index (χ2n) is 9.46. The van der Waals surface area contributed by atoms with Crippen molar-refractivity contribution in [2.45, 2.75) is 52.6 Å². The van der Waals surface area contributed by atoms with E-state index in [0.29, 0.717) is 30.8 Å². The highest BCUT2D eigenvalue weighted by molar-refractivity contribution is 7.17. The van der Waals surface area contributed by atoms with Gasteiger partial charge in [0.05, 0.1) is 27.2 Å². The first-order valence-electron chi connectivity index (χ1n) is 10.1. The summed E-state index contributed by atoms with van der Waals surface area (Å²) >= 11 is 1.45. The summed E-state index contributed by atoms with van der Waals surface area (Å²) in [7, 11) is 0. The molecular weight excluding hydrogens is 384 g/mol. The van der Waals surface area contributed by atoms with E-state index in [1.807, 2.05) is 30.2 Å². The SMILES string of the molecule is CC(C)(C)Cc1c[nH]c2ncc(-c3ccc(C(=O)N4CCC(C)(O)CC4)s3)nc12. The molecule has 1 aliphatic heterocycles. The predicted octanol–water partition coefficient (Wildman–Crippen LogP) is 4.26. The Balaban J connectivity index is 1.57. The molecule has 4 heterocycles. The maximum Gasteiger partial charge on any atom is 0.263 e. The molecule has 0 radical (unpaired) electrons. The minimum Gasteiger partial charge on any atom is -0.390 e. The van der Waals surface area contributed by atoms with Gasteiger partial charge in [-0.15, -0.1) is 11.3 Å². The molecule has 0 aliphatic carbocycles. The predicted molar refractivity (Wildman–Crippen MR) is 116 cm³/mol. The van der Waals surface area contributed by atoms with Crippen LogP contribution in [0.25, 0.3) is 21.7 Å². The molecule has 1 aliphatic rings. The van der Waals surface area contributed by atoms with E-state index in [9.17, 15) is 9.90 Å². The summed E-state index contributed by atoms with van der Waals surface area (Å²) in [5, 5.41) is 10.1. The fourth-order valence-corrected chi connectivity index (χ4v) is 4.63. The monoisotopic (exact) mass is 412 g/mol. The average Bonchev–Trinajstić information content (AvgIpc) is 3.27. The number of H-pyrrole nitrogens is 1. The minimum atomic E-state index is -0.663. The van der Waals surface area contributed by atoms with Crippen LogP contribution in [0, 0.1) is 5.41 Å². The smallest absolute Gasteiger partial charge is 0.263 e. The van der Waals surface area contributed by atoms with Crippen molar-refractivity contribution in [1.29, 1.82) is 0 Å². The molecule has 0 spiro atoms. The molecule has 3 aromatic rings. The number of likely N-dealkylation sites (tertiary alicyclic amines) is 1. The standard InChI is InChI=1S/C22H28N4O2S/c1-21(2,3)11-14-12-23-19-18(14)25-15(13-24-19)16-5-6-17(29-16)20(27)26-9-7-22(4,28)8-10-26/h5-6,12-13,28H,7-11H2,1-4H3,(H,23,24). The van der Waals surface area contributed by atoms with Crippen molar-refractivity contribution in [3.63, 3.8) is 0 Å². The second-order valence-corrected chi connectivity index (χ2v) is 10.5. The lowest BCUT2D eigenvalue weighted by Gasteiger charge is -2.35. The lowest BCUT2D eigenvalue weighted by atomic mass is 9.89. The second kappa shape index (κ2) is 7.22. The molecular formula is C22H28N4O2S. The van der Waals surface area contributed by atoms with E-state index in [1.165, 1.54) is 11.3 Å². The van der Waals surface area contributed by atoms with Crippen LogP contribution in [0.5, 0.6) is 0 Å². The van der Waals surface area contributed by atoms with E-state index in [0.717, 1.165) is 33.7 Å². The van der Waals surface area contributed by atoms with E-state index in [2.05, 4.69) is 30.7 Å². The van der Waals surface area contributed by atoms with Gasteiger partial charge in [0.15, 0.2) is 5.65 Å². The highest BCUT2D eigenvalue weighted by atomic mass is 32.1. The van der Waals surface area contributed by atoms with Gasteiger partial charge in [0.1, 0.15) is 5.52 Å². The number of nitrogens with one attached hydrogen (secondary N) is 1. The molecule has 0 unspecified atom stereocenters. The van der Waals surface area contributed by atoms with Gasteiger partial charge in [-0.2, -0.15) is 0 Å². The first kappa shape index (κ1) is 20.0. The molecule has 3 aromatic heterocycles. The number of aliphatic hydroxyl groups is 1. The number of nitrogens with zero attached hydrogens (tertiary/aromatic N) is 3. The van der Waals surface area contributed by atoms with E-state index in [1.54, 1.807) is 6.20 Å². The summed E-state index contributed by atoms with van der Waals surface area (Å²) in [4.78, 5) is 28.9. The maximum absolute atomic E-state index is 12.9. The first-order chi connectivity index (χ1) is 13.6. The Bertz CT molecular complexity index is 1030. The Labute approximate surface area is 175 Å². The number of hydrogen-bond acceptors (Lipinski definition) is 5. The molecule has 0 atom stereocenters. The zero-order valence-corrected chi connectivity index (χ0v) is 18.3. The lowest BCUT2D eigenvalue weighted by molar-refractivity contribution is -0.00188. The number of aromatic amines is 1. The zero-order valence-electron chi connectivity index (χ0n) is 17.5. The highest BCUT2D eigenvalue weighted by Gasteiger charge is 2.30. The van der Waals surface area contributed by atoms with Crippen molar-refractivity contribution >= 4 is 28.4 Å². The molecule has 7 heteroatoms. The third-order valence-electron chi connectivity index (χ3n) is 5.38. The number of rotatable bonds is 3. The zero-order chi connectivity index (χ0) is 20.8. The van der Waals surface area contributed by atoms with Crippen molar-refractivity contribution in [2.24, 2.45) is 5.41 Å². The fraction of sp³-hybridized carbons (Fsp3) is 0.500. The van der Waals surface area contributed by atoms with E-state index in [4.69, 9.17) is 4.98 Å². The van der Waals surface area contributed by atoms with Crippen molar-refractivity contribution in [1.82, 2.24) is 19.9 Å². The fourth-order valence-electron chi connectivity index (χ4n) is 3.71. The molecule has 1 fully saturated rings. The van der Waals surface area contributed by atoms with Crippen molar-refractivity contribution in [3.8, 4) is 10.6 Å². The molecule has 2 N–H and O–H groups in total. The number of hydrogen-bond donors (Lipinski definition) is 2. The molecule has 1 amide bonds. The molecule has 4 rings (SSSR count). The van der Waals surface area contributed by atoms with Gasteiger partial charge in [-0.3, -0.25) is 4.79 Å². The summed E-state index contributed by atoms with van der Waals surface area (Å²) < 4.78 is 0. The Hall–Kier alpha value is -2.25. The van der Waals surface area contributed by atoms with Gasteiger partial charge in [-0.05, 0) is 49.3 Å². The van der Waals surface area contributed by atoms with Gasteiger partial charge in [0.25, 0.3) is 5.91 Å². The van der Waals surface area contributed by atoms with Gasteiger partial charge in [0, 0.05) is 19.3 Å². The van der Waals surface area contributed by atoms with Gasteiger partial charge in [-0.1, -0.05) is 20.8 Å². The molecule has 0 saturated carbocycles. The molecule has 29 heavy (non-hydrogen) atoms. The van der Waals surface area contributed by atoms with Crippen LogP contribution in [0.3, 0.4) is 0 Å². The van der Waals surface area contributed by atoms with Crippen molar-refractivity contribution in [3.05, 3.63) is 35.0 Å². The topological polar surface area (TPSA) is 82.1 Å². The highest BCUT2D eigenvalue weighted by Crippen LogP contribution is 2.31. The van der Waals surface area contributed by atoms with Gasteiger partial charge in [0.2, 0.25) is 0 Å². The third-order valence-corrected chi connectivity index (χ3v) is 6.47. The number of carbonyl (C=O) groups is 1. The largest absolute Gasteiger partial charge is 0.390 e. The summed E-state index contributed by atoms with van der Waals surface area (Å²) in [5.74, 6) is 0.0286. The van der Waals surface area contributed by atoms with Crippen LogP contribution in [0.4, 0.5) is 0 Å². The van der Waals surface area contributed by atoms with Crippen LogP contribution in [0.15, 0.2) is 24.5 Å². The molecule has 154 valence electrons. The Morgan fingerprint density at radius 3 is 2.72 bits per heavy atom. The molecule has 6 nitrogen and oxygen atoms in total. The summed E-state index contributed by atoms with van der Waals surface area (Å²) in [6, 6.07) is 3.82. The molecule has 1 saturated heterocycles. The number of piperidine rings is 1. The number of amides is 1. The van der Waals surface area contributed by atoms with Crippen LogP contribution < -0.4 is 0 Å². The first-order valence-corrected chi connectivity index (χ1v) is 10.9. The van der Waals surface area contributed by atoms with Crippen molar-refractivity contribution in [2.75, 3.05) is 13.1 Å².